The van der Waals surface area contributed by atoms with E-state index in [2.05, 4.69) is 35.5 Å². The lowest BCUT2D eigenvalue weighted by atomic mass is 9.91. The Balaban J connectivity index is 1.97. The molecule has 0 radical (unpaired) electrons. The third-order valence-electron chi connectivity index (χ3n) is 5.28. The zero-order chi connectivity index (χ0) is 20.7. The summed E-state index contributed by atoms with van der Waals surface area (Å²) in [4.78, 5) is 19.4. The van der Waals surface area contributed by atoms with Crippen LogP contribution in [0.15, 0.2) is 24.3 Å². The number of piperidine rings is 1. The maximum atomic E-state index is 14.0. The summed E-state index contributed by atoms with van der Waals surface area (Å²) in [5, 5.41) is 0. The quantitative estimate of drug-likeness (QED) is 0.673. The minimum absolute atomic E-state index is 0.00309. The summed E-state index contributed by atoms with van der Waals surface area (Å²) in [5.41, 5.74) is 0.757. The molecule has 0 aromatic heterocycles. The number of hydrogen-bond acceptors (Lipinski definition) is 3. The fourth-order valence-electron chi connectivity index (χ4n) is 3.83. The standard InChI is InChI=1S/C23H38FN3O/c1-23(2,3)15-22(28)27(14-13-25(4)5)17-19-9-8-12-26(16-19)18-20-10-6-7-11-21(20)24/h6-7,10-11,19H,8-9,12-18H2,1-5H3. The average molecular weight is 392 g/mol. The zero-order valence-corrected chi connectivity index (χ0v) is 18.4. The second kappa shape index (κ2) is 10.4. The van der Waals surface area contributed by atoms with E-state index < -0.39 is 0 Å². The minimum atomic E-state index is -0.127. The van der Waals surface area contributed by atoms with Crippen LogP contribution in [0.4, 0.5) is 4.39 Å². The molecule has 1 aliphatic rings. The topological polar surface area (TPSA) is 26.8 Å². The predicted octanol–water partition coefficient (Wildman–Crippen LogP) is 3.86. The van der Waals surface area contributed by atoms with E-state index in [-0.39, 0.29) is 17.1 Å². The highest BCUT2D eigenvalue weighted by molar-refractivity contribution is 5.76. The van der Waals surface area contributed by atoms with E-state index in [1.54, 1.807) is 6.07 Å². The molecular formula is C23H38FN3O. The van der Waals surface area contributed by atoms with Crippen molar-refractivity contribution >= 4 is 5.91 Å². The molecule has 1 saturated heterocycles. The molecule has 1 heterocycles. The summed E-state index contributed by atoms with van der Waals surface area (Å²) < 4.78 is 14.0. The molecule has 0 bridgehead atoms. The molecule has 1 unspecified atom stereocenters. The molecule has 1 aliphatic heterocycles. The maximum absolute atomic E-state index is 14.0. The molecular weight excluding hydrogens is 353 g/mol. The van der Waals surface area contributed by atoms with Gasteiger partial charge in [-0.25, -0.2) is 4.39 Å². The Hall–Kier alpha value is -1.46. The SMILES string of the molecule is CN(C)CCN(CC1CCCN(Cc2ccccc2F)C1)C(=O)CC(C)(C)C. The van der Waals surface area contributed by atoms with E-state index in [1.807, 2.05) is 26.2 Å². The Labute approximate surface area is 170 Å². The van der Waals surface area contributed by atoms with Gasteiger partial charge in [-0.05, 0) is 50.9 Å². The molecule has 2 rings (SSSR count). The van der Waals surface area contributed by atoms with Gasteiger partial charge in [0.05, 0.1) is 0 Å². The van der Waals surface area contributed by atoms with Crippen LogP contribution in [0.5, 0.6) is 0 Å². The maximum Gasteiger partial charge on any atom is 0.223 e. The van der Waals surface area contributed by atoms with Crippen LogP contribution in [0.3, 0.4) is 0 Å². The smallest absolute Gasteiger partial charge is 0.223 e. The first kappa shape index (κ1) is 22.8. The Morgan fingerprint density at radius 2 is 1.93 bits per heavy atom. The number of carbonyl (C=O) groups is 1. The monoisotopic (exact) mass is 391 g/mol. The van der Waals surface area contributed by atoms with Crippen molar-refractivity contribution in [2.45, 2.75) is 46.6 Å². The molecule has 1 fully saturated rings. The van der Waals surface area contributed by atoms with Crippen LogP contribution in [0, 0.1) is 17.2 Å². The lowest BCUT2D eigenvalue weighted by molar-refractivity contribution is -0.134. The lowest BCUT2D eigenvalue weighted by Gasteiger charge is -2.37. The van der Waals surface area contributed by atoms with Crippen molar-refractivity contribution in [1.29, 1.82) is 0 Å². The Kier molecular flexibility index (Phi) is 8.44. The van der Waals surface area contributed by atoms with Gasteiger partial charge in [-0.3, -0.25) is 9.69 Å². The first-order chi connectivity index (χ1) is 13.1. The van der Waals surface area contributed by atoms with Crippen molar-refractivity contribution in [2.75, 3.05) is 46.8 Å². The van der Waals surface area contributed by atoms with Gasteiger partial charge in [0, 0.05) is 44.7 Å². The van der Waals surface area contributed by atoms with Crippen molar-refractivity contribution in [3.63, 3.8) is 0 Å². The molecule has 0 saturated carbocycles. The van der Waals surface area contributed by atoms with Crippen LogP contribution in [-0.4, -0.2) is 67.4 Å². The second-order valence-corrected chi connectivity index (χ2v) is 9.72. The van der Waals surface area contributed by atoms with E-state index in [0.717, 1.165) is 51.1 Å². The average Bonchev–Trinajstić information content (AvgIpc) is 2.59. The Morgan fingerprint density at radius 1 is 1.21 bits per heavy atom. The number of carbonyl (C=O) groups excluding carboxylic acids is 1. The number of likely N-dealkylation sites (N-methyl/N-ethyl adjacent to an activating group) is 1. The van der Waals surface area contributed by atoms with E-state index in [0.29, 0.717) is 18.9 Å². The third-order valence-corrected chi connectivity index (χ3v) is 5.28. The molecule has 4 nitrogen and oxygen atoms in total. The van der Waals surface area contributed by atoms with E-state index in [4.69, 9.17) is 0 Å². The Morgan fingerprint density at radius 3 is 2.57 bits per heavy atom. The van der Waals surface area contributed by atoms with Gasteiger partial charge in [-0.1, -0.05) is 39.0 Å². The predicted molar refractivity (Wildman–Crippen MR) is 114 cm³/mol. The summed E-state index contributed by atoms with van der Waals surface area (Å²) in [6.45, 7) is 11.4. The van der Waals surface area contributed by atoms with Crippen molar-refractivity contribution in [3.05, 3.63) is 35.6 Å². The van der Waals surface area contributed by atoms with Gasteiger partial charge in [-0.15, -0.1) is 0 Å². The van der Waals surface area contributed by atoms with Crippen LogP contribution in [0.1, 0.15) is 45.6 Å². The number of hydrogen-bond donors (Lipinski definition) is 0. The van der Waals surface area contributed by atoms with Crippen molar-refractivity contribution in [3.8, 4) is 0 Å². The molecule has 28 heavy (non-hydrogen) atoms. The first-order valence-corrected chi connectivity index (χ1v) is 10.5. The zero-order valence-electron chi connectivity index (χ0n) is 18.4. The molecule has 1 aromatic rings. The minimum Gasteiger partial charge on any atom is -0.341 e. The van der Waals surface area contributed by atoms with E-state index in [1.165, 1.54) is 6.07 Å². The van der Waals surface area contributed by atoms with Gasteiger partial charge in [0.15, 0.2) is 0 Å². The van der Waals surface area contributed by atoms with Crippen molar-refractivity contribution in [1.82, 2.24) is 14.7 Å². The fourth-order valence-corrected chi connectivity index (χ4v) is 3.83. The van der Waals surface area contributed by atoms with Gasteiger partial charge < -0.3 is 9.80 Å². The second-order valence-electron chi connectivity index (χ2n) is 9.72. The van der Waals surface area contributed by atoms with Crippen LogP contribution < -0.4 is 0 Å². The molecule has 1 atom stereocenters. The molecule has 0 N–H and O–H groups in total. The van der Waals surface area contributed by atoms with Crippen LogP contribution in [0.25, 0.3) is 0 Å². The lowest BCUT2D eigenvalue weighted by Crippen LogP contribution is -2.45. The largest absolute Gasteiger partial charge is 0.341 e. The number of rotatable bonds is 8. The molecule has 5 heteroatoms. The molecule has 158 valence electrons. The summed E-state index contributed by atoms with van der Waals surface area (Å²) in [7, 11) is 4.09. The van der Waals surface area contributed by atoms with Crippen molar-refractivity contribution < 1.29 is 9.18 Å². The summed E-state index contributed by atoms with van der Waals surface area (Å²) in [5.74, 6) is 0.574. The van der Waals surface area contributed by atoms with Gasteiger partial charge in [-0.2, -0.15) is 0 Å². The Bertz CT molecular complexity index is 627. The van der Waals surface area contributed by atoms with Gasteiger partial charge in [0.1, 0.15) is 5.82 Å². The fraction of sp³-hybridized carbons (Fsp3) is 0.696. The normalized spacial score (nSPS) is 18.5. The van der Waals surface area contributed by atoms with Gasteiger partial charge in [0.2, 0.25) is 5.91 Å². The molecule has 1 amide bonds. The van der Waals surface area contributed by atoms with Crippen LogP contribution in [0.2, 0.25) is 0 Å². The number of benzene rings is 1. The third kappa shape index (κ3) is 7.88. The van der Waals surface area contributed by atoms with Crippen LogP contribution >= 0.6 is 0 Å². The van der Waals surface area contributed by atoms with Gasteiger partial charge >= 0.3 is 0 Å². The summed E-state index contributed by atoms with van der Waals surface area (Å²) in [6.07, 6.45) is 2.81. The summed E-state index contributed by atoms with van der Waals surface area (Å²) in [6, 6.07) is 7.04. The van der Waals surface area contributed by atoms with Crippen LogP contribution in [-0.2, 0) is 11.3 Å². The first-order valence-electron chi connectivity index (χ1n) is 10.5. The molecule has 0 spiro atoms. The van der Waals surface area contributed by atoms with E-state index in [9.17, 15) is 9.18 Å². The highest BCUT2D eigenvalue weighted by Gasteiger charge is 2.27. The number of likely N-dealkylation sites (tertiary alicyclic amines) is 1. The highest BCUT2D eigenvalue weighted by Crippen LogP contribution is 2.23. The highest BCUT2D eigenvalue weighted by atomic mass is 19.1. The molecule has 1 aromatic carbocycles. The number of amides is 1. The van der Waals surface area contributed by atoms with Crippen molar-refractivity contribution in [2.24, 2.45) is 11.3 Å². The number of halogens is 1. The molecule has 0 aliphatic carbocycles. The summed E-state index contributed by atoms with van der Waals surface area (Å²) >= 11 is 0. The van der Waals surface area contributed by atoms with Gasteiger partial charge in [0.25, 0.3) is 0 Å². The van der Waals surface area contributed by atoms with E-state index >= 15 is 0 Å². The number of nitrogens with zero attached hydrogens (tertiary/aromatic N) is 3.